The molecule has 0 fully saturated rings. The fourth-order valence-electron chi connectivity index (χ4n) is 1.88. The monoisotopic (exact) mass is 270 g/mol. The Morgan fingerprint density at radius 3 is 2.35 bits per heavy atom. The van der Waals surface area contributed by atoms with Crippen LogP contribution in [0.2, 0.25) is 0 Å². The van der Waals surface area contributed by atoms with Crippen molar-refractivity contribution < 1.29 is 19.6 Å². The van der Waals surface area contributed by atoms with Crippen LogP contribution in [0.3, 0.4) is 0 Å². The largest absolute Gasteiger partial charge is 0.488 e. The molecule has 2 rings (SSSR count). The van der Waals surface area contributed by atoms with Gasteiger partial charge in [0.2, 0.25) is 0 Å². The highest BCUT2D eigenvalue weighted by Gasteiger charge is 2.15. The fraction of sp³-hybridized carbons (Fsp3) is 0.133. The Morgan fingerprint density at radius 2 is 1.65 bits per heavy atom. The number of ketones is 1. The summed E-state index contributed by atoms with van der Waals surface area (Å²) in [5.41, 5.74) is 1.64. The molecule has 5 heteroatoms. The molecule has 2 aromatic carbocycles. The van der Waals surface area contributed by atoms with Crippen molar-refractivity contribution in [1.29, 1.82) is 0 Å². The van der Waals surface area contributed by atoms with Crippen LogP contribution in [-0.4, -0.2) is 29.6 Å². The molecule has 0 unspecified atom stereocenters. The van der Waals surface area contributed by atoms with Crippen molar-refractivity contribution in [2.24, 2.45) is 0 Å². The van der Waals surface area contributed by atoms with E-state index in [0.29, 0.717) is 16.6 Å². The zero-order valence-corrected chi connectivity index (χ0v) is 10.9. The summed E-state index contributed by atoms with van der Waals surface area (Å²) in [4.78, 5) is 11.8. The average molecular weight is 270 g/mol. The highest BCUT2D eigenvalue weighted by atomic mass is 16.5. The van der Waals surface area contributed by atoms with Crippen LogP contribution in [-0.2, 0) is 11.3 Å². The third-order valence-corrected chi connectivity index (χ3v) is 2.92. The molecule has 0 heterocycles. The zero-order chi connectivity index (χ0) is 14.4. The van der Waals surface area contributed by atoms with E-state index in [0.717, 1.165) is 0 Å². The van der Waals surface area contributed by atoms with Gasteiger partial charge in [-0.15, -0.1) is 0 Å². The van der Waals surface area contributed by atoms with Gasteiger partial charge >= 0.3 is 7.12 Å². The lowest BCUT2D eigenvalue weighted by atomic mass is 9.77. The Balaban J connectivity index is 1.92. The Bertz CT molecular complexity index is 569. The fourth-order valence-corrected chi connectivity index (χ4v) is 1.88. The van der Waals surface area contributed by atoms with Gasteiger partial charge in [0, 0.05) is 5.56 Å². The number of benzene rings is 2. The normalized spacial score (nSPS) is 10.3. The molecule has 2 aromatic rings. The molecule has 0 bridgehead atoms. The average Bonchev–Trinajstić information content (AvgIpc) is 2.48. The van der Waals surface area contributed by atoms with Crippen LogP contribution >= 0.6 is 0 Å². The Hall–Kier alpha value is -1.95. The van der Waals surface area contributed by atoms with Gasteiger partial charge in [0.25, 0.3) is 0 Å². The van der Waals surface area contributed by atoms with Crippen molar-refractivity contribution in [2.75, 3.05) is 6.61 Å². The van der Waals surface area contributed by atoms with E-state index in [1.54, 1.807) is 48.5 Å². The van der Waals surface area contributed by atoms with Crippen LogP contribution in [0, 0.1) is 0 Å². The molecule has 0 aliphatic rings. The maximum absolute atomic E-state index is 11.8. The second-order valence-electron chi connectivity index (χ2n) is 4.35. The molecule has 0 spiro atoms. The lowest BCUT2D eigenvalue weighted by molar-refractivity contribution is 0.0727. The molecule has 0 saturated carbocycles. The minimum atomic E-state index is -1.54. The summed E-state index contributed by atoms with van der Waals surface area (Å²) in [6.45, 7) is 0.117. The van der Waals surface area contributed by atoms with E-state index in [1.807, 2.05) is 6.07 Å². The van der Waals surface area contributed by atoms with Gasteiger partial charge in [0.15, 0.2) is 5.78 Å². The maximum atomic E-state index is 11.8. The van der Waals surface area contributed by atoms with Crippen molar-refractivity contribution >= 4 is 18.4 Å². The van der Waals surface area contributed by atoms with E-state index in [9.17, 15) is 14.8 Å². The van der Waals surface area contributed by atoms with Gasteiger partial charge in [-0.3, -0.25) is 4.79 Å². The summed E-state index contributed by atoms with van der Waals surface area (Å²) >= 11 is 0. The molecule has 0 aliphatic heterocycles. The molecule has 2 N–H and O–H groups in total. The van der Waals surface area contributed by atoms with Gasteiger partial charge in [0.1, 0.15) is 6.61 Å². The summed E-state index contributed by atoms with van der Waals surface area (Å²) in [5.74, 6) is -0.104. The lowest BCUT2D eigenvalue weighted by Crippen LogP contribution is -2.33. The van der Waals surface area contributed by atoms with Crippen molar-refractivity contribution in [1.82, 2.24) is 0 Å². The zero-order valence-electron chi connectivity index (χ0n) is 10.9. The van der Waals surface area contributed by atoms with E-state index in [4.69, 9.17) is 4.74 Å². The number of ether oxygens (including phenoxy) is 1. The number of carbonyl (C=O) groups excluding carboxylic acids is 1. The van der Waals surface area contributed by atoms with Gasteiger partial charge < -0.3 is 14.8 Å². The quantitative estimate of drug-likeness (QED) is 0.601. The Kier molecular flexibility index (Phi) is 5.06. The van der Waals surface area contributed by atoms with Crippen molar-refractivity contribution in [3.8, 4) is 0 Å². The van der Waals surface area contributed by atoms with Crippen LogP contribution < -0.4 is 5.46 Å². The SMILES string of the molecule is O=C(COCc1ccccc1B(O)O)c1ccccc1. The number of hydrogen-bond acceptors (Lipinski definition) is 4. The molecule has 20 heavy (non-hydrogen) atoms. The lowest BCUT2D eigenvalue weighted by Gasteiger charge is -2.09. The number of carbonyl (C=O) groups is 1. The predicted octanol–water partition coefficient (Wildman–Crippen LogP) is 0.766. The van der Waals surface area contributed by atoms with E-state index < -0.39 is 7.12 Å². The molecule has 102 valence electrons. The first-order chi connectivity index (χ1) is 9.68. The summed E-state index contributed by atoms with van der Waals surface area (Å²) in [6.07, 6.45) is 0. The molecule has 0 atom stereocenters. The highest BCUT2D eigenvalue weighted by Crippen LogP contribution is 2.03. The standard InChI is InChI=1S/C15H15BO4/c17-15(12-6-2-1-3-7-12)11-20-10-13-8-4-5-9-14(13)16(18)19/h1-9,18-19H,10-11H2. The second kappa shape index (κ2) is 7.00. The van der Waals surface area contributed by atoms with E-state index in [2.05, 4.69) is 0 Å². The topological polar surface area (TPSA) is 66.8 Å². The molecule has 0 aliphatic carbocycles. The van der Waals surface area contributed by atoms with Crippen LogP contribution in [0.1, 0.15) is 15.9 Å². The van der Waals surface area contributed by atoms with Gasteiger partial charge in [0.05, 0.1) is 6.61 Å². The van der Waals surface area contributed by atoms with Gasteiger partial charge in [-0.25, -0.2) is 0 Å². The van der Waals surface area contributed by atoms with E-state index >= 15 is 0 Å². The van der Waals surface area contributed by atoms with Crippen molar-refractivity contribution in [3.05, 3.63) is 65.7 Å². The first kappa shape index (κ1) is 14.5. The molecular formula is C15H15BO4. The minimum Gasteiger partial charge on any atom is -0.423 e. The molecular weight excluding hydrogens is 255 g/mol. The van der Waals surface area contributed by atoms with Gasteiger partial charge in [-0.05, 0) is 11.0 Å². The van der Waals surface area contributed by atoms with Crippen molar-refractivity contribution in [2.45, 2.75) is 6.61 Å². The summed E-state index contributed by atoms with van der Waals surface area (Å²) in [5, 5.41) is 18.4. The van der Waals surface area contributed by atoms with Crippen LogP contribution in [0.5, 0.6) is 0 Å². The van der Waals surface area contributed by atoms with Crippen LogP contribution in [0.25, 0.3) is 0 Å². The third-order valence-electron chi connectivity index (χ3n) is 2.92. The summed E-state index contributed by atoms with van der Waals surface area (Å²) in [7, 11) is -1.54. The summed E-state index contributed by atoms with van der Waals surface area (Å²) < 4.78 is 5.35. The third kappa shape index (κ3) is 3.77. The first-order valence-corrected chi connectivity index (χ1v) is 6.28. The summed E-state index contributed by atoms with van der Waals surface area (Å²) in [6, 6.07) is 15.8. The number of Topliss-reactive ketones (excluding diaryl/α,β-unsaturated/α-hetero) is 1. The maximum Gasteiger partial charge on any atom is 0.488 e. The van der Waals surface area contributed by atoms with Crippen LogP contribution in [0.15, 0.2) is 54.6 Å². The Morgan fingerprint density at radius 1 is 1.00 bits per heavy atom. The molecule has 0 amide bonds. The molecule has 0 saturated heterocycles. The molecule has 4 nitrogen and oxygen atoms in total. The van der Waals surface area contributed by atoms with Crippen molar-refractivity contribution in [3.63, 3.8) is 0 Å². The second-order valence-corrected chi connectivity index (χ2v) is 4.35. The smallest absolute Gasteiger partial charge is 0.423 e. The molecule has 0 aromatic heterocycles. The minimum absolute atomic E-state index is 0.0418. The predicted molar refractivity (Wildman–Crippen MR) is 76.7 cm³/mol. The van der Waals surface area contributed by atoms with Gasteiger partial charge in [-0.2, -0.15) is 0 Å². The highest BCUT2D eigenvalue weighted by molar-refractivity contribution is 6.59. The Labute approximate surface area is 117 Å². The van der Waals surface area contributed by atoms with E-state index in [-0.39, 0.29) is 19.0 Å². The first-order valence-electron chi connectivity index (χ1n) is 6.28. The number of hydrogen-bond donors (Lipinski definition) is 2. The number of rotatable bonds is 6. The van der Waals surface area contributed by atoms with Gasteiger partial charge in [-0.1, -0.05) is 54.6 Å². The van der Waals surface area contributed by atoms with E-state index in [1.165, 1.54) is 0 Å². The molecule has 0 radical (unpaired) electrons. The van der Waals surface area contributed by atoms with Crippen LogP contribution in [0.4, 0.5) is 0 Å².